The van der Waals surface area contributed by atoms with Crippen LogP contribution in [0.4, 0.5) is 4.79 Å². The third-order valence-electron chi connectivity index (χ3n) is 3.30. The number of amides is 1. The van der Waals surface area contributed by atoms with Crippen molar-refractivity contribution in [2.75, 3.05) is 13.7 Å². The van der Waals surface area contributed by atoms with E-state index in [9.17, 15) is 4.79 Å². The van der Waals surface area contributed by atoms with Gasteiger partial charge in [0.25, 0.3) is 0 Å². The van der Waals surface area contributed by atoms with Crippen LogP contribution in [-0.4, -0.2) is 30.2 Å². The maximum atomic E-state index is 12.2. The number of fused-ring (bicyclic) bond motifs is 1. The quantitative estimate of drug-likeness (QED) is 0.795. The molecule has 1 aromatic rings. The van der Waals surface area contributed by atoms with Crippen LogP contribution in [0.25, 0.3) is 0 Å². The average Bonchev–Trinajstić information content (AvgIpc) is 2.43. The van der Waals surface area contributed by atoms with Gasteiger partial charge in [-0.3, -0.25) is 0 Å². The van der Waals surface area contributed by atoms with Crippen LogP contribution in [0.15, 0.2) is 18.2 Å². The molecule has 1 amide bonds. The lowest BCUT2D eigenvalue weighted by atomic mass is 9.98. The molecule has 1 aliphatic heterocycles. The summed E-state index contributed by atoms with van der Waals surface area (Å²) in [5.41, 5.74) is 0.937. The van der Waals surface area contributed by atoms with E-state index >= 15 is 0 Å². The lowest BCUT2D eigenvalue weighted by Crippen LogP contribution is -2.38. The molecule has 112 valence electrons. The molecule has 0 spiro atoms. The van der Waals surface area contributed by atoms with Crippen molar-refractivity contribution >= 4 is 6.09 Å². The second-order valence-electron chi connectivity index (χ2n) is 6.11. The van der Waals surface area contributed by atoms with Crippen molar-refractivity contribution in [1.29, 1.82) is 5.26 Å². The Hall–Kier alpha value is -2.22. The Morgan fingerprint density at radius 1 is 1.48 bits per heavy atom. The predicted molar refractivity (Wildman–Crippen MR) is 78.0 cm³/mol. The third kappa shape index (κ3) is 3.46. The van der Waals surface area contributed by atoms with Gasteiger partial charge in [0, 0.05) is 19.0 Å². The summed E-state index contributed by atoms with van der Waals surface area (Å²) in [7, 11) is 1.73. The number of nitriles is 1. The first-order chi connectivity index (χ1) is 9.81. The highest BCUT2D eigenvalue weighted by Crippen LogP contribution is 2.36. The molecule has 1 unspecified atom stereocenters. The molecular formula is C16H20N2O3. The average molecular weight is 288 g/mol. The van der Waals surface area contributed by atoms with Crippen LogP contribution in [0.3, 0.4) is 0 Å². The minimum atomic E-state index is -0.524. The summed E-state index contributed by atoms with van der Waals surface area (Å²) in [5, 5.41) is 8.94. The largest absolute Gasteiger partial charge is 0.493 e. The number of hydrogen-bond donors (Lipinski definition) is 0. The van der Waals surface area contributed by atoms with E-state index in [4.69, 9.17) is 14.7 Å². The lowest BCUT2D eigenvalue weighted by molar-refractivity contribution is 0.0182. The molecule has 1 aromatic carbocycles. The molecule has 21 heavy (non-hydrogen) atoms. The summed E-state index contributed by atoms with van der Waals surface area (Å²) < 4.78 is 11.0. The zero-order valence-corrected chi connectivity index (χ0v) is 12.8. The normalized spacial score (nSPS) is 17.2. The van der Waals surface area contributed by atoms with Gasteiger partial charge in [-0.25, -0.2) is 4.79 Å². The van der Waals surface area contributed by atoms with Gasteiger partial charge in [0.05, 0.1) is 24.3 Å². The standard InChI is InChI=1S/C16H20N2O3/c1-16(2,3)21-15(19)18(4)13-7-8-20-14-9-11(10-17)5-6-12(13)14/h5-6,9,13H,7-8H2,1-4H3. The summed E-state index contributed by atoms with van der Waals surface area (Å²) in [6, 6.07) is 7.29. The van der Waals surface area contributed by atoms with Crippen molar-refractivity contribution in [2.24, 2.45) is 0 Å². The van der Waals surface area contributed by atoms with Gasteiger partial charge in [-0.05, 0) is 32.9 Å². The van der Waals surface area contributed by atoms with Gasteiger partial charge in [0.2, 0.25) is 0 Å². The van der Waals surface area contributed by atoms with Gasteiger partial charge >= 0.3 is 6.09 Å². The van der Waals surface area contributed by atoms with E-state index in [1.54, 1.807) is 24.1 Å². The van der Waals surface area contributed by atoms with E-state index in [0.717, 1.165) is 5.56 Å². The minimum Gasteiger partial charge on any atom is -0.493 e. The number of carbonyl (C=O) groups is 1. The molecule has 2 rings (SSSR count). The number of hydrogen-bond acceptors (Lipinski definition) is 4. The minimum absolute atomic E-state index is 0.101. The zero-order chi connectivity index (χ0) is 15.6. The molecule has 5 heteroatoms. The van der Waals surface area contributed by atoms with Crippen LogP contribution >= 0.6 is 0 Å². The smallest absolute Gasteiger partial charge is 0.410 e. The molecule has 0 N–H and O–H groups in total. The molecule has 0 aromatic heterocycles. The molecule has 0 bridgehead atoms. The Morgan fingerprint density at radius 3 is 2.81 bits per heavy atom. The van der Waals surface area contributed by atoms with Crippen LogP contribution < -0.4 is 4.74 Å². The maximum Gasteiger partial charge on any atom is 0.410 e. The summed E-state index contributed by atoms with van der Waals surface area (Å²) in [5.74, 6) is 0.667. The third-order valence-corrected chi connectivity index (χ3v) is 3.30. The van der Waals surface area contributed by atoms with E-state index in [1.807, 2.05) is 26.8 Å². The van der Waals surface area contributed by atoms with Gasteiger partial charge in [-0.1, -0.05) is 6.07 Å². The highest BCUT2D eigenvalue weighted by molar-refractivity contribution is 5.69. The fourth-order valence-corrected chi connectivity index (χ4v) is 2.30. The summed E-state index contributed by atoms with van der Waals surface area (Å²) in [4.78, 5) is 13.8. The summed E-state index contributed by atoms with van der Waals surface area (Å²) in [6.07, 6.45) is 0.346. The van der Waals surface area contributed by atoms with Gasteiger partial charge in [-0.15, -0.1) is 0 Å². The Labute approximate surface area is 125 Å². The van der Waals surface area contributed by atoms with Crippen molar-refractivity contribution in [1.82, 2.24) is 4.90 Å². The fourth-order valence-electron chi connectivity index (χ4n) is 2.30. The Kier molecular flexibility index (Phi) is 4.08. The van der Waals surface area contributed by atoms with Crippen LogP contribution in [0.1, 0.15) is 44.4 Å². The van der Waals surface area contributed by atoms with Crippen molar-refractivity contribution in [3.8, 4) is 11.8 Å². The first-order valence-electron chi connectivity index (χ1n) is 6.94. The highest BCUT2D eigenvalue weighted by Gasteiger charge is 2.30. The maximum absolute atomic E-state index is 12.2. The zero-order valence-electron chi connectivity index (χ0n) is 12.8. The molecule has 0 radical (unpaired) electrons. The van der Waals surface area contributed by atoms with Crippen LogP contribution in [0, 0.1) is 11.3 Å². The van der Waals surface area contributed by atoms with Crippen molar-refractivity contribution in [3.63, 3.8) is 0 Å². The number of rotatable bonds is 1. The number of carbonyl (C=O) groups excluding carboxylic acids is 1. The molecule has 1 heterocycles. The van der Waals surface area contributed by atoms with Crippen molar-refractivity contribution in [2.45, 2.75) is 38.8 Å². The Balaban J connectivity index is 2.23. The van der Waals surface area contributed by atoms with E-state index in [1.165, 1.54) is 0 Å². The molecule has 1 aliphatic rings. The molecule has 0 saturated carbocycles. The lowest BCUT2D eigenvalue weighted by Gasteiger charge is -2.34. The Bertz CT molecular complexity index is 584. The van der Waals surface area contributed by atoms with Gasteiger partial charge in [0.15, 0.2) is 0 Å². The predicted octanol–water partition coefficient (Wildman–Crippen LogP) is 3.25. The van der Waals surface area contributed by atoms with E-state index in [0.29, 0.717) is 24.3 Å². The molecule has 1 atom stereocenters. The second-order valence-corrected chi connectivity index (χ2v) is 6.11. The molecule has 0 aliphatic carbocycles. The van der Waals surface area contributed by atoms with Gasteiger partial charge < -0.3 is 14.4 Å². The first-order valence-corrected chi connectivity index (χ1v) is 6.94. The first kappa shape index (κ1) is 15.2. The van der Waals surface area contributed by atoms with Crippen molar-refractivity contribution in [3.05, 3.63) is 29.3 Å². The molecule has 0 fully saturated rings. The van der Waals surface area contributed by atoms with Crippen molar-refractivity contribution < 1.29 is 14.3 Å². The van der Waals surface area contributed by atoms with E-state index in [2.05, 4.69) is 6.07 Å². The number of ether oxygens (including phenoxy) is 2. The van der Waals surface area contributed by atoms with Crippen LogP contribution in [-0.2, 0) is 4.74 Å². The highest BCUT2D eigenvalue weighted by atomic mass is 16.6. The molecule has 5 nitrogen and oxygen atoms in total. The monoisotopic (exact) mass is 288 g/mol. The molecular weight excluding hydrogens is 268 g/mol. The van der Waals surface area contributed by atoms with Crippen LogP contribution in [0.2, 0.25) is 0 Å². The fraction of sp³-hybridized carbons (Fsp3) is 0.500. The SMILES string of the molecule is CN(C(=O)OC(C)(C)C)C1CCOc2cc(C#N)ccc21. The second kappa shape index (κ2) is 5.65. The molecule has 0 saturated heterocycles. The summed E-state index contributed by atoms with van der Waals surface area (Å²) >= 11 is 0. The van der Waals surface area contributed by atoms with E-state index in [-0.39, 0.29) is 12.1 Å². The topological polar surface area (TPSA) is 62.6 Å². The van der Waals surface area contributed by atoms with Gasteiger partial charge in [0.1, 0.15) is 11.4 Å². The van der Waals surface area contributed by atoms with Crippen LogP contribution in [0.5, 0.6) is 5.75 Å². The Morgan fingerprint density at radius 2 is 2.19 bits per heavy atom. The van der Waals surface area contributed by atoms with E-state index < -0.39 is 5.60 Å². The van der Waals surface area contributed by atoms with Gasteiger partial charge in [-0.2, -0.15) is 5.26 Å². The number of benzene rings is 1. The summed E-state index contributed by atoms with van der Waals surface area (Å²) in [6.45, 7) is 6.04. The number of nitrogens with zero attached hydrogens (tertiary/aromatic N) is 2.